The van der Waals surface area contributed by atoms with Gasteiger partial charge < -0.3 is 35.4 Å². The lowest BCUT2D eigenvalue weighted by molar-refractivity contribution is -0.161. The van der Waals surface area contributed by atoms with Crippen LogP contribution in [0.15, 0.2) is 24.3 Å². The SMILES string of the molecule is CCCCC/C=C\C[C@H](O)[C@@H](O)CCCCCCCC(=O)O[C@H](COC(=O)CCCCCCCCC/C=C\CCCCCCCC)COP(=O)(O)OC[C@H](N)C(=O)O. The van der Waals surface area contributed by atoms with Crippen LogP contribution in [0.1, 0.15) is 194 Å². The molecule has 0 aromatic heterocycles. The van der Waals surface area contributed by atoms with Gasteiger partial charge in [0, 0.05) is 12.8 Å². The van der Waals surface area contributed by atoms with Crippen molar-refractivity contribution in [3.63, 3.8) is 0 Å². The Morgan fingerprint density at radius 3 is 1.60 bits per heavy atom. The van der Waals surface area contributed by atoms with Crippen LogP contribution in [0.3, 0.4) is 0 Å². The Bertz CT molecular complexity index is 1120. The molecule has 6 N–H and O–H groups in total. The van der Waals surface area contributed by atoms with E-state index in [1.54, 1.807) is 0 Å². The van der Waals surface area contributed by atoms with Crippen molar-refractivity contribution in [1.29, 1.82) is 0 Å². The third-order valence-electron chi connectivity index (χ3n) is 9.87. The Hall–Kier alpha value is -2.12. The van der Waals surface area contributed by atoms with Crippen molar-refractivity contribution in [3.8, 4) is 0 Å². The first-order valence-electron chi connectivity index (χ1n) is 22.5. The van der Waals surface area contributed by atoms with Crippen molar-refractivity contribution in [2.75, 3.05) is 19.8 Å². The molecule has 5 atom stereocenters. The van der Waals surface area contributed by atoms with Crippen LogP contribution in [0.4, 0.5) is 0 Å². The fourth-order valence-electron chi connectivity index (χ4n) is 6.14. The molecule has 0 saturated heterocycles. The number of esters is 2. The van der Waals surface area contributed by atoms with E-state index < -0.39 is 69.9 Å². The van der Waals surface area contributed by atoms with Gasteiger partial charge in [0.15, 0.2) is 6.10 Å². The smallest absolute Gasteiger partial charge is 0.472 e. The number of aliphatic hydroxyl groups excluding tert-OH is 2. The number of phosphoric acid groups is 1. The maximum atomic E-state index is 12.6. The highest BCUT2D eigenvalue weighted by molar-refractivity contribution is 7.47. The Morgan fingerprint density at radius 2 is 1.03 bits per heavy atom. The van der Waals surface area contributed by atoms with E-state index in [4.69, 9.17) is 24.8 Å². The topological polar surface area (TPSA) is 212 Å². The van der Waals surface area contributed by atoms with Gasteiger partial charge in [0.25, 0.3) is 0 Å². The normalized spacial score (nSPS) is 15.0. The molecule has 0 bridgehead atoms. The zero-order valence-corrected chi connectivity index (χ0v) is 37.0. The Morgan fingerprint density at radius 1 is 0.586 bits per heavy atom. The van der Waals surface area contributed by atoms with E-state index in [0.717, 1.165) is 77.0 Å². The number of carbonyl (C=O) groups is 3. The van der Waals surface area contributed by atoms with Crippen LogP contribution in [0.25, 0.3) is 0 Å². The van der Waals surface area contributed by atoms with Crippen molar-refractivity contribution in [2.45, 2.75) is 218 Å². The third kappa shape index (κ3) is 36.9. The molecule has 0 fully saturated rings. The maximum Gasteiger partial charge on any atom is 0.472 e. The molecule has 1 unspecified atom stereocenters. The lowest BCUT2D eigenvalue weighted by atomic mass is 10.0. The van der Waals surface area contributed by atoms with Crippen molar-refractivity contribution < 1.29 is 57.7 Å². The zero-order valence-electron chi connectivity index (χ0n) is 36.1. The summed E-state index contributed by atoms with van der Waals surface area (Å²) in [4.78, 5) is 46.0. The van der Waals surface area contributed by atoms with Crippen LogP contribution >= 0.6 is 7.82 Å². The minimum absolute atomic E-state index is 0.0626. The van der Waals surface area contributed by atoms with Gasteiger partial charge >= 0.3 is 25.7 Å². The number of hydrogen-bond donors (Lipinski definition) is 5. The van der Waals surface area contributed by atoms with Crippen molar-refractivity contribution in [3.05, 3.63) is 24.3 Å². The van der Waals surface area contributed by atoms with Crippen molar-refractivity contribution in [1.82, 2.24) is 0 Å². The van der Waals surface area contributed by atoms with Crippen LogP contribution in [-0.2, 0) is 37.5 Å². The Balaban J connectivity index is 4.45. The largest absolute Gasteiger partial charge is 0.480 e. The summed E-state index contributed by atoms with van der Waals surface area (Å²) in [5, 5.41) is 29.3. The minimum atomic E-state index is -4.76. The predicted octanol–water partition coefficient (Wildman–Crippen LogP) is 9.78. The van der Waals surface area contributed by atoms with Gasteiger partial charge in [-0.05, 0) is 64.2 Å². The number of nitrogens with two attached hydrogens (primary N) is 1. The highest BCUT2D eigenvalue weighted by atomic mass is 31.2. The molecule has 0 aromatic rings. The average molecular weight is 848 g/mol. The molecular weight excluding hydrogens is 765 g/mol. The molecule has 0 heterocycles. The number of ether oxygens (including phenoxy) is 2. The Kier molecular flexibility index (Phi) is 37.6. The number of hydrogen-bond acceptors (Lipinski definition) is 11. The summed E-state index contributed by atoms with van der Waals surface area (Å²) in [6.45, 7) is 2.59. The van der Waals surface area contributed by atoms with Gasteiger partial charge in [-0.15, -0.1) is 0 Å². The number of aliphatic hydroxyl groups is 2. The van der Waals surface area contributed by atoms with E-state index in [-0.39, 0.29) is 12.8 Å². The summed E-state index contributed by atoms with van der Waals surface area (Å²) < 4.78 is 32.6. The van der Waals surface area contributed by atoms with Gasteiger partial charge in [-0.3, -0.25) is 23.4 Å². The summed E-state index contributed by atoms with van der Waals surface area (Å²) >= 11 is 0. The van der Waals surface area contributed by atoms with E-state index in [1.165, 1.54) is 64.2 Å². The number of rotatable bonds is 42. The van der Waals surface area contributed by atoms with Crippen LogP contribution in [0.5, 0.6) is 0 Å². The van der Waals surface area contributed by atoms with Gasteiger partial charge in [-0.1, -0.05) is 141 Å². The van der Waals surface area contributed by atoms with E-state index in [2.05, 4.69) is 36.6 Å². The first kappa shape index (κ1) is 55.9. The molecule has 14 heteroatoms. The molecule has 58 heavy (non-hydrogen) atoms. The highest BCUT2D eigenvalue weighted by Gasteiger charge is 2.28. The predicted molar refractivity (Wildman–Crippen MR) is 229 cm³/mol. The first-order chi connectivity index (χ1) is 27.9. The van der Waals surface area contributed by atoms with Crippen LogP contribution < -0.4 is 5.73 Å². The number of unbranched alkanes of at least 4 members (excludes halogenated alkanes) is 20. The standard InChI is InChI=1S/C44H82NO12P/c1-3-5-7-9-11-12-13-14-15-16-17-18-19-20-21-25-29-33-42(48)54-35-38(36-55-58(52,53)56-37-39(45)44(50)51)57-43(49)34-30-26-22-24-28-32-41(47)40(46)31-27-23-10-8-6-4-2/h14-15,23,27,38-41,46-47H,3-13,16-22,24-26,28-37,45H2,1-2H3,(H,50,51)(H,52,53)/b15-14-,27-23-/t38-,39+,40+,41+/m1/s1. The second kappa shape index (κ2) is 39.0. The molecule has 13 nitrogen and oxygen atoms in total. The van der Waals surface area contributed by atoms with Crippen LogP contribution in [0, 0.1) is 0 Å². The molecule has 0 saturated carbocycles. The number of carbonyl (C=O) groups excluding carboxylic acids is 2. The summed E-state index contributed by atoms with van der Waals surface area (Å²) in [7, 11) is -4.76. The van der Waals surface area contributed by atoms with Gasteiger partial charge in [-0.2, -0.15) is 0 Å². The van der Waals surface area contributed by atoms with Crippen LogP contribution in [0.2, 0.25) is 0 Å². The molecule has 0 aliphatic carbocycles. The van der Waals surface area contributed by atoms with Gasteiger partial charge in [0.05, 0.1) is 25.4 Å². The third-order valence-corrected chi connectivity index (χ3v) is 10.8. The van der Waals surface area contributed by atoms with E-state index in [0.29, 0.717) is 25.7 Å². The van der Waals surface area contributed by atoms with Gasteiger partial charge in [-0.25, -0.2) is 4.57 Å². The second-order valence-corrected chi connectivity index (χ2v) is 16.9. The first-order valence-corrected chi connectivity index (χ1v) is 24.0. The molecule has 0 rings (SSSR count). The summed E-state index contributed by atoms with van der Waals surface area (Å²) in [6, 6.07) is -1.55. The molecule has 0 radical (unpaired) electrons. The summed E-state index contributed by atoms with van der Waals surface area (Å²) in [6.07, 6.45) is 32.6. The molecular formula is C44H82NO12P. The molecule has 0 aromatic carbocycles. The number of carboxylic acids is 1. The molecule has 0 spiro atoms. The molecule has 340 valence electrons. The van der Waals surface area contributed by atoms with Crippen molar-refractivity contribution in [2.24, 2.45) is 5.73 Å². The maximum absolute atomic E-state index is 12.6. The second-order valence-electron chi connectivity index (χ2n) is 15.5. The van der Waals surface area contributed by atoms with Crippen LogP contribution in [-0.4, -0.2) is 82.3 Å². The lowest BCUT2D eigenvalue weighted by Crippen LogP contribution is -2.34. The highest BCUT2D eigenvalue weighted by Crippen LogP contribution is 2.43. The van der Waals surface area contributed by atoms with Gasteiger partial charge in [0.1, 0.15) is 12.6 Å². The monoisotopic (exact) mass is 848 g/mol. The molecule has 0 aliphatic heterocycles. The number of allylic oxidation sites excluding steroid dienone is 3. The summed E-state index contributed by atoms with van der Waals surface area (Å²) in [5.74, 6) is -2.51. The summed E-state index contributed by atoms with van der Waals surface area (Å²) in [5.41, 5.74) is 5.32. The van der Waals surface area contributed by atoms with Crippen molar-refractivity contribution >= 4 is 25.7 Å². The van der Waals surface area contributed by atoms with E-state index in [1.807, 2.05) is 6.08 Å². The molecule has 0 aliphatic rings. The quantitative estimate of drug-likeness (QED) is 0.0168. The fraction of sp³-hybridized carbons (Fsp3) is 0.841. The molecule has 0 amide bonds. The lowest BCUT2D eigenvalue weighted by Gasteiger charge is -2.20. The number of aliphatic carboxylic acids is 1. The Labute approximate surface area is 350 Å². The number of carboxylic acid groups (broad SMARTS) is 1. The zero-order chi connectivity index (χ0) is 43.1. The fourth-order valence-corrected chi connectivity index (χ4v) is 6.92. The van der Waals surface area contributed by atoms with E-state index in [9.17, 15) is 34.1 Å². The average Bonchev–Trinajstić information content (AvgIpc) is 3.19. The van der Waals surface area contributed by atoms with E-state index >= 15 is 0 Å². The number of phosphoric ester groups is 1. The minimum Gasteiger partial charge on any atom is -0.480 e. The van der Waals surface area contributed by atoms with Gasteiger partial charge in [0.2, 0.25) is 0 Å².